The Labute approximate surface area is 175 Å². The molecule has 0 unspecified atom stereocenters. The van der Waals surface area contributed by atoms with Crippen molar-refractivity contribution in [1.82, 2.24) is 16.2 Å². The van der Waals surface area contributed by atoms with E-state index in [2.05, 4.69) is 16.2 Å². The number of benzene rings is 2. The number of rotatable bonds is 5. The topological polar surface area (TPSA) is 106 Å². The highest BCUT2D eigenvalue weighted by atomic mass is 16.6. The van der Waals surface area contributed by atoms with Crippen LogP contribution in [0.5, 0.6) is 5.75 Å². The van der Waals surface area contributed by atoms with Gasteiger partial charge in [0.1, 0.15) is 11.4 Å². The van der Waals surface area contributed by atoms with Gasteiger partial charge in [0, 0.05) is 17.7 Å². The summed E-state index contributed by atoms with van der Waals surface area (Å²) in [5.41, 5.74) is 6.47. The Morgan fingerprint density at radius 3 is 2.17 bits per heavy atom. The van der Waals surface area contributed by atoms with Crippen molar-refractivity contribution in [2.24, 2.45) is 0 Å². The molecule has 8 nitrogen and oxygen atoms in total. The van der Waals surface area contributed by atoms with Crippen molar-refractivity contribution in [1.29, 1.82) is 0 Å². The van der Waals surface area contributed by atoms with E-state index < -0.39 is 23.5 Å². The van der Waals surface area contributed by atoms with Crippen LogP contribution in [0, 0.1) is 6.92 Å². The number of hydrogen-bond acceptors (Lipinski definition) is 5. The van der Waals surface area contributed by atoms with Crippen LogP contribution in [0.4, 0.5) is 4.79 Å². The van der Waals surface area contributed by atoms with E-state index in [1.807, 2.05) is 6.92 Å². The molecule has 0 aliphatic rings. The van der Waals surface area contributed by atoms with Gasteiger partial charge in [0.2, 0.25) is 0 Å². The molecule has 0 aliphatic carbocycles. The van der Waals surface area contributed by atoms with Crippen LogP contribution in [0.3, 0.4) is 0 Å². The van der Waals surface area contributed by atoms with E-state index >= 15 is 0 Å². The monoisotopic (exact) mass is 413 g/mol. The molecule has 0 saturated heterocycles. The Bertz CT molecular complexity index is 935. The van der Waals surface area contributed by atoms with Crippen LogP contribution in [0.2, 0.25) is 0 Å². The lowest BCUT2D eigenvalue weighted by Gasteiger charge is -2.19. The molecule has 0 aromatic heterocycles. The first-order valence-corrected chi connectivity index (χ1v) is 9.40. The molecule has 30 heavy (non-hydrogen) atoms. The summed E-state index contributed by atoms with van der Waals surface area (Å²) >= 11 is 0. The smallest absolute Gasteiger partial charge is 0.407 e. The maximum atomic E-state index is 12.4. The summed E-state index contributed by atoms with van der Waals surface area (Å²) in [6, 6.07) is 11.7. The highest BCUT2D eigenvalue weighted by Gasteiger charge is 2.16. The number of hydrogen-bond donors (Lipinski definition) is 3. The molecule has 2 aromatic rings. The van der Waals surface area contributed by atoms with Crippen LogP contribution in [0.15, 0.2) is 42.5 Å². The summed E-state index contributed by atoms with van der Waals surface area (Å²) in [5.74, 6) is -0.370. The fourth-order valence-corrected chi connectivity index (χ4v) is 2.53. The SMILES string of the molecule is COc1cc(C(=O)NNC(=O)c2cccc(CNC(=O)OC(C)(C)C)c2)ccc1C. The van der Waals surface area contributed by atoms with E-state index in [4.69, 9.17) is 9.47 Å². The zero-order chi connectivity index (χ0) is 22.3. The maximum Gasteiger partial charge on any atom is 0.407 e. The van der Waals surface area contributed by atoms with Crippen LogP contribution in [-0.4, -0.2) is 30.6 Å². The number of nitrogens with one attached hydrogen (secondary N) is 3. The van der Waals surface area contributed by atoms with Crippen molar-refractivity contribution in [2.45, 2.75) is 39.8 Å². The molecular weight excluding hydrogens is 386 g/mol. The summed E-state index contributed by atoms with van der Waals surface area (Å²) in [4.78, 5) is 36.4. The Morgan fingerprint density at radius 2 is 1.57 bits per heavy atom. The van der Waals surface area contributed by atoms with Gasteiger partial charge in [0.15, 0.2) is 0 Å². The average molecular weight is 413 g/mol. The largest absolute Gasteiger partial charge is 0.496 e. The lowest BCUT2D eigenvalue weighted by atomic mass is 10.1. The minimum atomic E-state index is -0.592. The second-order valence-electron chi connectivity index (χ2n) is 7.65. The van der Waals surface area contributed by atoms with Crippen molar-refractivity contribution in [2.75, 3.05) is 7.11 Å². The molecule has 0 heterocycles. The van der Waals surface area contributed by atoms with Crippen LogP contribution in [0.1, 0.15) is 52.6 Å². The molecule has 0 bridgehead atoms. The predicted octanol–water partition coefficient (Wildman–Crippen LogP) is 3.10. The van der Waals surface area contributed by atoms with E-state index in [0.29, 0.717) is 22.4 Å². The number of hydrazine groups is 1. The quantitative estimate of drug-likeness (QED) is 0.653. The lowest BCUT2D eigenvalue weighted by molar-refractivity contribution is 0.0523. The number of aryl methyl sites for hydroxylation is 1. The minimum Gasteiger partial charge on any atom is -0.496 e. The van der Waals surface area contributed by atoms with E-state index in [-0.39, 0.29) is 6.54 Å². The van der Waals surface area contributed by atoms with Gasteiger partial charge in [-0.15, -0.1) is 0 Å². The minimum absolute atomic E-state index is 0.200. The molecule has 2 rings (SSSR count). The van der Waals surface area contributed by atoms with Crippen LogP contribution >= 0.6 is 0 Å². The van der Waals surface area contributed by atoms with Crippen molar-refractivity contribution < 1.29 is 23.9 Å². The maximum absolute atomic E-state index is 12.4. The molecular formula is C22H27N3O5. The summed E-state index contributed by atoms with van der Waals surface area (Å²) in [5, 5.41) is 2.63. The Hall–Kier alpha value is -3.55. The molecule has 0 radical (unpaired) electrons. The van der Waals surface area contributed by atoms with E-state index in [1.54, 1.807) is 63.2 Å². The highest BCUT2D eigenvalue weighted by molar-refractivity contribution is 5.99. The second-order valence-corrected chi connectivity index (χ2v) is 7.65. The number of methoxy groups -OCH3 is 1. The average Bonchev–Trinajstić information content (AvgIpc) is 2.69. The molecule has 3 amide bonds. The highest BCUT2D eigenvalue weighted by Crippen LogP contribution is 2.18. The third kappa shape index (κ3) is 6.80. The number of alkyl carbamates (subject to hydrolysis) is 1. The molecule has 2 aromatic carbocycles. The molecule has 3 N–H and O–H groups in total. The molecule has 0 atom stereocenters. The summed E-state index contributed by atoms with van der Waals surface area (Å²) in [6.45, 7) is 7.40. The summed E-state index contributed by atoms with van der Waals surface area (Å²) in [6.07, 6.45) is -0.543. The van der Waals surface area contributed by atoms with Gasteiger partial charge in [-0.1, -0.05) is 18.2 Å². The number of carbonyl (C=O) groups excluding carboxylic acids is 3. The summed E-state index contributed by atoms with van der Waals surface area (Å²) < 4.78 is 10.4. The van der Waals surface area contributed by atoms with Gasteiger partial charge in [-0.2, -0.15) is 0 Å². The Balaban J connectivity index is 1.93. The molecule has 0 fully saturated rings. The van der Waals surface area contributed by atoms with Gasteiger partial charge in [-0.25, -0.2) is 4.79 Å². The van der Waals surface area contributed by atoms with Crippen LogP contribution in [0.25, 0.3) is 0 Å². The van der Waals surface area contributed by atoms with Gasteiger partial charge < -0.3 is 14.8 Å². The first-order valence-electron chi connectivity index (χ1n) is 9.40. The van der Waals surface area contributed by atoms with Crippen molar-refractivity contribution in [3.05, 3.63) is 64.7 Å². The molecule has 0 spiro atoms. The zero-order valence-corrected chi connectivity index (χ0v) is 17.8. The molecule has 0 aliphatic heterocycles. The first-order chi connectivity index (χ1) is 14.1. The van der Waals surface area contributed by atoms with Gasteiger partial charge in [0.05, 0.1) is 7.11 Å². The van der Waals surface area contributed by atoms with E-state index in [1.165, 1.54) is 7.11 Å². The zero-order valence-electron chi connectivity index (χ0n) is 17.8. The number of carbonyl (C=O) groups is 3. The lowest BCUT2D eigenvalue weighted by Crippen LogP contribution is -2.41. The first kappa shape index (κ1) is 22.7. The van der Waals surface area contributed by atoms with E-state index in [0.717, 1.165) is 5.56 Å². The van der Waals surface area contributed by atoms with Gasteiger partial charge in [0.25, 0.3) is 11.8 Å². The van der Waals surface area contributed by atoms with Crippen molar-refractivity contribution in [3.8, 4) is 5.75 Å². The Morgan fingerprint density at radius 1 is 0.933 bits per heavy atom. The van der Waals surface area contributed by atoms with Gasteiger partial charge in [-0.3, -0.25) is 20.4 Å². The second kappa shape index (κ2) is 9.78. The van der Waals surface area contributed by atoms with Gasteiger partial charge in [-0.05, 0) is 63.1 Å². The summed E-state index contributed by atoms with van der Waals surface area (Å²) in [7, 11) is 1.52. The van der Waals surface area contributed by atoms with Crippen LogP contribution < -0.4 is 20.9 Å². The van der Waals surface area contributed by atoms with E-state index in [9.17, 15) is 14.4 Å². The number of amides is 3. The Kier molecular flexibility index (Phi) is 7.41. The fourth-order valence-electron chi connectivity index (χ4n) is 2.53. The fraction of sp³-hybridized carbons (Fsp3) is 0.318. The third-order valence-corrected chi connectivity index (χ3v) is 3.98. The molecule has 0 saturated carbocycles. The molecule has 8 heteroatoms. The third-order valence-electron chi connectivity index (χ3n) is 3.98. The van der Waals surface area contributed by atoms with Crippen molar-refractivity contribution in [3.63, 3.8) is 0 Å². The normalized spacial score (nSPS) is 10.7. The molecule has 160 valence electrons. The predicted molar refractivity (Wildman–Crippen MR) is 112 cm³/mol. The van der Waals surface area contributed by atoms with Gasteiger partial charge >= 0.3 is 6.09 Å². The standard InChI is InChI=1S/C22H27N3O5/c1-14-9-10-17(12-18(14)29-5)20(27)25-24-19(26)16-8-6-7-15(11-16)13-23-21(28)30-22(2,3)4/h6-12H,13H2,1-5H3,(H,23,28)(H,24,26)(H,25,27). The van der Waals surface area contributed by atoms with Crippen molar-refractivity contribution >= 4 is 17.9 Å². The number of ether oxygens (including phenoxy) is 2. The van der Waals surface area contributed by atoms with Crippen LogP contribution in [-0.2, 0) is 11.3 Å².